The van der Waals surface area contributed by atoms with Crippen molar-refractivity contribution in [1.82, 2.24) is 15.3 Å². The molecule has 1 N–H and O–H groups in total. The third-order valence-corrected chi connectivity index (χ3v) is 5.11. The molecular formula is C22H27ClN4O3. The van der Waals surface area contributed by atoms with Gasteiger partial charge in [0.05, 0.1) is 18.4 Å². The fraction of sp³-hybridized carbons (Fsp3) is 0.409. The monoisotopic (exact) mass is 430 g/mol. The summed E-state index contributed by atoms with van der Waals surface area (Å²) in [5.74, 6) is 1.77. The number of nitrogens with zero attached hydrogens (tertiary/aromatic N) is 3. The molecule has 0 aliphatic rings. The summed E-state index contributed by atoms with van der Waals surface area (Å²) in [6, 6.07) is 9.28. The highest BCUT2D eigenvalue weighted by Crippen LogP contribution is 2.29. The average molecular weight is 431 g/mol. The molecule has 0 saturated heterocycles. The topological polar surface area (TPSA) is 80.5 Å². The van der Waals surface area contributed by atoms with Crippen molar-refractivity contribution in [3.63, 3.8) is 0 Å². The van der Waals surface area contributed by atoms with Gasteiger partial charge < -0.3 is 19.4 Å². The molecule has 1 aromatic carbocycles. The van der Waals surface area contributed by atoms with Crippen LogP contribution in [0, 0.1) is 0 Å². The number of methoxy groups -OCH3 is 1. The van der Waals surface area contributed by atoms with Gasteiger partial charge in [0.15, 0.2) is 11.6 Å². The predicted octanol–water partition coefficient (Wildman–Crippen LogP) is 4.30. The quantitative estimate of drug-likeness (QED) is 0.516. The van der Waals surface area contributed by atoms with Gasteiger partial charge in [-0.25, -0.2) is 9.97 Å². The second-order valence-corrected chi connectivity index (χ2v) is 7.55. The van der Waals surface area contributed by atoms with E-state index in [1.54, 1.807) is 25.5 Å². The van der Waals surface area contributed by atoms with Crippen LogP contribution in [0.1, 0.15) is 26.7 Å². The molecule has 0 saturated carbocycles. The van der Waals surface area contributed by atoms with Crippen LogP contribution in [-0.2, 0) is 9.53 Å². The fourth-order valence-corrected chi connectivity index (χ4v) is 3.22. The largest absolute Gasteiger partial charge is 0.461 e. The Balaban J connectivity index is 1.96. The van der Waals surface area contributed by atoms with Gasteiger partial charge in [-0.3, -0.25) is 4.79 Å². The maximum Gasteiger partial charge on any atom is 0.221 e. The van der Waals surface area contributed by atoms with E-state index in [2.05, 4.69) is 10.3 Å². The number of carbonyl (C=O) groups excluding carboxylic acids is 1. The normalized spacial score (nSPS) is 12.1. The number of benzene rings is 1. The van der Waals surface area contributed by atoms with Crippen molar-refractivity contribution in [3.8, 4) is 11.6 Å². The van der Waals surface area contributed by atoms with Crippen LogP contribution in [-0.4, -0.2) is 48.7 Å². The number of rotatable bonds is 10. The van der Waals surface area contributed by atoms with Gasteiger partial charge in [0.1, 0.15) is 5.82 Å². The van der Waals surface area contributed by atoms with Crippen molar-refractivity contribution < 1.29 is 13.9 Å². The molecule has 3 aromatic rings. The average Bonchev–Trinajstić information content (AvgIpc) is 3.27. The van der Waals surface area contributed by atoms with E-state index in [-0.39, 0.29) is 11.9 Å². The first kappa shape index (κ1) is 22.1. The number of hydrogen-bond acceptors (Lipinski definition) is 6. The van der Waals surface area contributed by atoms with Crippen LogP contribution >= 0.6 is 11.6 Å². The summed E-state index contributed by atoms with van der Waals surface area (Å²) in [6.07, 6.45) is 2.83. The van der Waals surface area contributed by atoms with E-state index >= 15 is 0 Å². The molecule has 1 amide bonds. The maximum absolute atomic E-state index is 12.3. The number of ether oxygens (including phenoxy) is 1. The molecule has 8 heteroatoms. The number of fused-ring (bicyclic) bond motifs is 1. The number of hydrogen-bond donors (Lipinski definition) is 1. The van der Waals surface area contributed by atoms with E-state index in [4.69, 9.17) is 25.7 Å². The molecule has 160 valence electrons. The molecule has 2 aromatic heterocycles. The molecule has 0 radical (unpaired) electrons. The highest BCUT2D eigenvalue weighted by atomic mass is 35.5. The van der Waals surface area contributed by atoms with E-state index in [0.29, 0.717) is 48.2 Å². The third kappa shape index (κ3) is 5.49. The molecule has 3 rings (SSSR count). The summed E-state index contributed by atoms with van der Waals surface area (Å²) < 4.78 is 10.8. The second-order valence-electron chi connectivity index (χ2n) is 7.12. The lowest BCUT2D eigenvalue weighted by atomic mass is 10.2. The van der Waals surface area contributed by atoms with Crippen LogP contribution in [0.5, 0.6) is 0 Å². The Labute approximate surface area is 181 Å². The lowest BCUT2D eigenvalue weighted by Gasteiger charge is -2.25. The van der Waals surface area contributed by atoms with Crippen LogP contribution in [0.4, 0.5) is 5.82 Å². The lowest BCUT2D eigenvalue weighted by molar-refractivity contribution is -0.121. The Morgan fingerprint density at radius 3 is 2.83 bits per heavy atom. The molecule has 2 heterocycles. The molecule has 0 fully saturated rings. The first-order valence-electron chi connectivity index (χ1n) is 10.1. The van der Waals surface area contributed by atoms with E-state index in [9.17, 15) is 4.79 Å². The van der Waals surface area contributed by atoms with Crippen LogP contribution in [0.25, 0.3) is 22.5 Å². The van der Waals surface area contributed by atoms with Gasteiger partial charge in [-0.2, -0.15) is 0 Å². The number of anilines is 1. The zero-order valence-corrected chi connectivity index (χ0v) is 18.3. The Bertz CT molecular complexity index is 978. The highest BCUT2D eigenvalue weighted by Gasteiger charge is 2.18. The zero-order valence-electron chi connectivity index (χ0n) is 17.5. The fourth-order valence-electron chi connectivity index (χ4n) is 3.05. The summed E-state index contributed by atoms with van der Waals surface area (Å²) in [4.78, 5) is 23.8. The maximum atomic E-state index is 12.3. The van der Waals surface area contributed by atoms with E-state index in [1.807, 2.05) is 36.9 Å². The van der Waals surface area contributed by atoms with Crippen LogP contribution in [0.15, 0.2) is 41.0 Å². The first-order valence-corrected chi connectivity index (χ1v) is 10.4. The van der Waals surface area contributed by atoms with Gasteiger partial charge in [-0.1, -0.05) is 18.5 Å². The summed E-state index contributed by atoms with van der Waals surface area (Å²) in [7, 11) is 1.65. The van der Waals surface area contributed by atoms with Crippen molar-refractivity contribution in [3.05, 3.63) is 41.6 Å². The van der Waals surface area contributed by atoms with Crippen molar-refractivity contribution in [1.29, 1.82) is 0 Å². The minimum absolute atomic E-state index is 0.0134. The molecule has 0 spiro atoms. The SMILES string of the molecule is CCC(C)NC(=O)CCN(CCOC)c1nc(-c2ccco2)nc2cc(Cl)ccc12. The van der Waals surface area contributed by atoms with Crippen molar-refractivity contribution >= 4 is 34.2 Å². The van der Waals surface area contributed by atoms with Gasteiger partial charge in [0.2, 0.25) is 5.91 Å². The third-order valence-electron chi connectivity index (χ3n) is 4.87. The van der Waals surface area contributed by atoms with Crippen LogP contribution in [0.3, 0.4) is 0 Å². The summed E-state index contributed by atoms with van der Waals surface area (Å²) in [6.45, 7) is 5.63. The molecule has 0 aliphatic carbocycles. The summed E-state index contributed by atoms with van der Waals surface area (Å²) in [5.41, 5.74) is 0.713. The highest BCUT2D eigenvalue weighted by molar-refractivity contribution is 6.31. The molecule has 0 bridgehead atoms. The van der Waals surface area contributed by atoms with Gasteiger partial charge in [0.25, 0.3) is 0 Å². The number of nitrogens with one attached hydrogen (secondary N) is 1. The number of carbonyl (C=O) groups is 1. The summed E-state index contributed by atoms with van der Waals surface area (Å²) in [5, 5.41) is 4.46. The van der Waals surface area contributed by atoms with E-state index in [1.165, 1.54) is 0 Å². The molecule has 7 nitrogen and oxygen atoms in total. The van der Waals surface area contributed by atoms with Crippen molar-refractivity contribution in [2.24, 2.45) is 0 Å². The Hall–Kier alpha value is -2.64. The molecule has 1 unspecified atom stereocenters. The Kier molecular flexibility index (Phi) is 7.65. The molecule has 30 heavy (non-hydrogen) atoms. The van der Waals surface area contributed by atoms with E-state index < -0.39 is 0 Å². The Morgan fingerprint density at radius 2 is 2.13 bits per heavy atom. The Morgan fingerprint density at radius 1 is 1.30 bits per heavy atom. The number of halogens is 1. The minimum atomic E-state index is 0.0134. The van der Waals surface area contributed by atoms with Gasteiger partial charge >= 0.3 is 0 Å². The summed E-state index contributed by atoms with van der Waals surface area (Å²) >= 11 is 6.21. The lowest BCUT2D eigenvalue weighted by Crippen LogP contribution is -2.36. The van der Waals surface area contributed by atoms with E-state index in [0.717, 1.165) is 17.6 Å². The van der Waals surface area contributed by atoms with Crippen LogP contribution in [0.2, 0.25) is 5.02 Å². The molecule has 1 atom stereocenters. The number of amides is 1. The zero-order chi connectivity index (χ0) is 21.5. The van der Waals surface area contributed by atoms with Crippen molar-refractivity contribution in [2.45, 2.75) is 32.7 Å². The number of aromatic nitrogens is 2. The van der Waals surface area contributed by atoms with Crippen LogP contribution < -0.4 is 10.2 Å². The van der Waals surface area contributed by atoms with Gasteiger partial charge in [-0.05, 0) is 43.7 Å². The first-order chi connectivity index (χ1) is 14.5. The predicted molar refractivity (Wildman–Crippen MR) is 119 cm³/mol. The standard InChI is InChI=1S/C22H27ClN4O3/c1-4-15(2)24-20(28)9-10-27(11-13-29-3)22-17-8-7-16(23)14-18(17)25-21(26-22)19-6-5-12-30-19/h5-8,12,14-15H,4,9-11,13H2,1-3H3,(H,24,28). The van der Waals surface area contributed by atoms with Gasteiger partial charge in [0, 0.05) is 43.1 Å². The number of furan rings is 1. The molecular weight excluding hydrogens is 404 g/mol. The van der Waals surface area contributed by atoms with Crippen molar-refractivity contribution in [2.75, 3.05) is 31.7 Å². The second kappa shape index (κ2) is 10.4. The minimum Gasteiger partial charge on any atom is -0.461 e. The molecule has 0 aliphatic heterocycles. The smallest absolute Gasteiger partial charge is 0.221 e. The van der Waals surface area contributed by atoms with Gasteiger partial charge in [-0.15, -0.1) is 0 Å².